The van der Waals surface area contributed by atoms with Gasteiger partial charge < -0.3 is 5.32 Å². The molecule has 0 saturated heterocycles. The van der Waals surface area contributed by atoms with Gasteiger partial charge in [0.15, 0.2) is 0 Å². The Morgan fingerprint density at radius 2 is 1.75 bits per heavy atom. The Morgan fingerprint density at radius 3 is 2.47 bits per heavy atom. The van der Waals surface area contributed by atoms with Crippen LogP contribution >= 0.6 is 11.6 Å². The predicted octanol–water partition coefficient (Wildman–Crippen LogP) is 6.01. The first-order chi connectivity index (χ1) is 17.2. The summed E-state index contributed by atoms with van der Waals surface area (Å²) in [4.78, 5) is 19.8. The van der Waals surface area contributed by atoms with Crippen molar-refractivity contribution in [2.45, 2.75) is 45.7 Å². The third kappa shape index (κ3) is 4.96. The lowest BCUT2D eigenvalue weighted by molar-refractivity contribution is -0.137. The van der Waals surface area contributed by atoms with Gasteiger partial charge in [0.1, 0.15) is 11.3 Å². The lowest BCUT2D eigenvalue weighted by Crippen LogP contribution is -2.25. The quantitative estimate of drug-likeness (QED) is 0.344. The number of benzene rings is 2. The molecule has 5 rings (SSSR count). The molecule has 0 radical (unpaired) electrons. The van der Waals surface area contributed by atoms with Gasteiger partial charge in [0.2, 0.25) is 0 Å². The minimum atomic E-state index is -4.33. The van der Waals surface area contributed by atoms with E-state index in [2.05, 4.69) is 27.3 Å². The average molecular weight is 513 g/mol. The molecule has 0 saturated carbocycles. The summed E-state index contributed by atoms with van der Waals surface area (Å²) in [6.07, 6.45) is -1.96. The first kappa shape index (κ1) is 24.3. The van der Waals surface area contributed by atoms with Crippen molar-refractivity contribution in [3.8, 4) is 0 Å². The molecular weight excluding hydrogens is 489 g/mol. The zero-order valence-corrected chi connectivity index (χ0v) is 20.3. The maximum absolute atomic E-state index is 13.0. The summed E-state index contributed by atoms with van der Waals surface area (Å²) < 4.78 is 40.2. The molecule has 1 N–H and O–H groups in total. The van der Waals surface area contributed by atoms with Gasteiger partial charge in [-0.3, -0.25) is 14.1 Å². The number of nitrogens with zero attached hydrogens (tertiary/aromatic N) is 3. The molecule has 3 heterocycles. The van der Waals surface area contributed by atoms with Gasteiger partial charge in [-0.25, -0.2) is 4.98 Å². The maximum atomic E-state index is 13.0. The van der Waals surface area contributed by atoms with Crippen molar-refractivity contribution in [2.75, 3.05) is 0 Å². The maximum Gasteiger partial charge on any atom is 0.416 e. The number of alkyl halides is 3. The molecule has 1 aliphatic heterocycles. The van der Waals surface area contributed by atoms with Gasteiger partial charge >= 0.3 is 6.18 Å². The van der Waals surface area contributed by atoms with E-state index < -0.39 is 11.7 Å². The van der Waals surface area contributed by atoms with E-state index in [1.54, 1.807) is 22.7 Å². The van der Waals surface area contributed by atoms with E-state index in [-0.39, 0.29) is 5.91 Å². The number of imidazole rings is 1. The van der Waals surface area contributed by atoms with Gasteiger partial charge in [-0.15, -0.1) is 0 Å². The van der Waals surface area contributed by atoms with Gasteiger partial charge in [0, 0.05) is 43.5 Å². The number of hydrogen-bond acceptors (Lipinski definition) is 3. The van der Waals surface area contributed by atoms with Crippen LogP contribution in [0, 0.1) is 0 Å². The zero-order chi connectivity index (χ0) is 25.4. The van der Waals surface area contributed by atoms with E-state index in [0.29, 0.717) is 48.1 Å². The molecule has 1 amide bonds. The van der Waals surface area contributed by atoms with Crippen LogP contribution in [-0.4, -0.2) is 20.2 Å². The summed E-state index contributed by atoms with van der Waals surface area (Å²) in [7, 11) is 0. The Balaban J connectivity index is 1.23. The topological polar surface area (TPSA) is 49.6 Å². The smallest absolute Gasteiger partial charge is 0.347 e. The fraction of sp³-hybridized carbons (Fsp3) is 0.259. The third-order valence-electron chi connectivity index (χ3n) is 6.41. The number of nitrogens with one attached hydrogen (secondary N) is 1. The second-order valence-corrected chi connectivity index (χ2v) is 9.40. The van der Waals surface area contributed by atoms with Gasteiger partial charge in [-0.05, 0) is 46.9 Å². The molecule has 0 bridgehead atoms. The number of aryl methyl sites for hydroxylation is 1. The fourth-order valence-electron chi connectivity index (χ4n) is 4.62. The number of carbonyl (C=O) groups excluding carboxylic acids is 1. The van der Waals surface area contributed by atoms with Crippen molar-refractivity contribution >= 4 is 23.2 Å². The van der Waals surface area contributed by atoms with E-state index in [9.17, 15) is 18.0 Å². The van der Waals surface area contributed by atoms with Crippen LogP contribution < -0.4 is 5.32 Å². The predicted molar refractivity (Wildman–Crippen MR) is 132 cm³/mol. The summed E-state index contributed by atoms with van der Waals surface area (Å²) >= 11 is 6.07. The minimum absolute atomic E-state index is 0.203. The number of carbonyl (C=O) groups is 1. The molecule has 9 heteroatoms. The second kappa shape index (κ2) is 9.59. The summed E-state index contributed by atoms with van der Waals surface area (Å²) in [5.41, 5.74) is 5.38. The molecule has 186 valence electrons. The highest BCUT2D eigenvalue weighted by Gasteiger charge is 2.30. The molecule has 0 unspecified atom stereocenters. The van der Waals surface area contributed by atoms with Gasteiger partial charge in [0.25, 0.3) is 5.91 Å². The molecular formula is C27H24ClF3N4O. The lowest BCUT2D eigenvalue weighted by atomic mass is 10.1. The van der Waals surface area contributed by atoms with Crippen molar-refractivity contribution in [3.63, 3.8) is 0 Å². The highest BCUT2D eigenvalue weighted by molar-refractivity contribution is 6.30. The molecule has 1 aliphatic rings. The van der Waals surface area contributed by atoms with Crippen LogP contribution in [0.25, 0.3) is 5.65 Å². The van der Waals surface area contributed by atoms with Crippen LogP contribution in [0.15, 0.2) is 60.8 Å². The number of amides is 1. The van der Waals surface area contributed by atoms with E-state index in [1.165, 1.54) is 17.7 Å². The number of hydrogen-bond donors (Lipinski definition) is 1. The van der Waals surface area contributed by atoms with Crippen molar-refractivity contribution in [1.82, 2.24) is 19.6 Å². The Morgan fingerprint density at radius 1 is 1.03 bits per heavy atom. The highest BCUT2D eigenvalue weighted by atomic mass is 35.5. The van der Waals surface area contributed by atoms with Crippen LogP contribution in [0.2, 0.25) is 5.02 Å². The Kier molecular flexibility index (Phi) is 6.49. The van der Waals surface area contributed by atoms with E-state index in [4.69, 9.17) is 11.6 Å². The Labute approximate surface area is 211 Å². The molecule has 0 atom stereocenters. The van der Waals surface area contributed by atoms with Gasteiger partial charge in [-0.1, -0.05) is 48.9 Å². The van der Waals surface area contributed by atoms with Crippen LogP contribution in [0.5, 0.6) is 0 Å². The first-order valence-corrected chi connectivity index (χ1v) is 12.0. The number of halogens is 4. The summed E-state index contributed by atoms with van der Waals surface area (Å²) in [6, 6.07) is 14.9. The second-order valence-electron chi connectivity index (χ2n) is 8.96. The molecule has 5 nitrogen and oxygen atoms in total. The Bertz CT molecular complexity index is 1430. The summed E-state index contributed by atoms with van der Waals surface area (Å²) in [5.74, 6) is -0.203. The number of fused-ring (bicyclic) bond motifs is 2. The Hall–Kier alpha value is -3.36. The average Bonchev–Trinajstić information content (AvgIpc) is 3.41. The summed E-state index contributed by atoms with van der Waals surface area (Å²) in [5, 5.41) is 3.57. The lowest BCUT2D eigenvalue weighted by Gasteiger charge is -2.15. The van der Waals surface area contributed by atoms with E-state index in [1.807, 2.05) is 13.0 Å². The number of pyridine rings is 1. The van der Waals surface area contributed by atoms with Gasteiger partial charge in [-0.2, -0.15) is 13.2 Å². The highest BCUT2D eigenvalue weighted by Crippen LogP contribution is 2.30. The largest absolute Gasteiger partial charge is 0.416 e. The van der Waals surface area contributed by atoms with Crippen molar-refractivity contribution < 1.29 is 18.0 Å². The minimum Gasteiger partial charge on any atom is -0.347 e. The van der Waals surface area contributed by atoms with Crippen LogP contribution in [0.1, 0.15) is 50.9 Å². The van der Waals surface area contributed by atoms with Crippen molar-refractivity contribution in [2.24, 2.45) is 0 Å². The summed E-state index contributed by atoms with van der Waals surface area (Å²) in [6.45, 7) is 4.32. The van der Waals surface area contributed by atoms with E-state index >= 15 is 0 Å². The molecule has 0 fully saturated rings. The normalized spacial score (nSPS) is 13.8. The standard InChI is InChI=1S/C27H24ClF3N4O/c1-2-23-25(35-10-9-22(28)12-24(35)33-23)26(36)32-13-18-3-6-19-15-34(16-20(19)11-18)14-17-4-7-21(8-5-17)27(29,30)31/h3-12H,2,13-16H2,1H3,(H,32,36). The van der Waals surface area contributed by atoms with Crippen LogP contribution in [0.4, 0.5) is 13.2 Å². The van der Waals surface area contributed by atoms with Crippen molar-refractivity contribution in [1.29, 1.82) is 0 Å². The number of rotatable bonds is 6. The SMILES string of the molecule is CCc1nc2cc(Cl)ccn2c1C(=O)NCc1ccc2c(c1)CN(Cc1ccc(C(F)(F)F)cc1)C2. The zero-order valence-electron chi connectivity index (χ0n) is 19.6. The molecule has 4 aromatic rings. The number of aromatic nitrogens is 2. The van der Waals surface area contributed by atoms with Crippen LogP contribution in [-0.2, 0) is 38.8 Å². The van der Waals surface area contributed by atoms with E-state index in [0.717, 1.165) is 35.4 Å². The molecule has 2 aromatic carbocycles. The van der Waals surface area contributed by atoms with Crippen molar-refractivity contribution in [3.05, 3.63) is 105 Å². The third-order valence-corrected chi connectivity index (χ3v) is 6.64. The monoisotopic (exact) mass is 512 g/mol. The molecule has 0 spiro atoms. The van der Waals surface area contributed by atoms with Crippen LogP contribution in [0.3, 0.4) is 0 Å². The fourth-order valence-corrected chi connectivity index (χ4v) is 4.77. The molecule has 0 aliphatic carbocycles. The van der Waals surface area contributed by atoms with Gasteiger partial charge in [0.05, 0.1) is 11.3 Å². The first-order valence-electron chi connectivity index (χ1n) is 11.6. The molecule has 36 heavy (non-hydrogen) atoms. The molecule has 2 aromatic heterocycles.